The SMILES string of the molecule is CC1(C)CCC2CCCNc3cccc(n3)SNC(=O)c3ccc(-n4ccc(OCC5CCC56CC6)n4)nc3N21. The fourth-order valence-corrected chi connectivity index (χ4v) is 7.33. The lowest BCUT2D eigenvalue weighted by Crippen LogP contribution is -2.45. The zero-order chi connectivity index (χ0) is 27.3. The van der Waals surface area contributed by atoms with Crippen molar-refractivity contribution in [1.29, 1.82) is 0 Å². The smallest absolute Gasteiger partial charge is 0.265 e. The molecule has 5 heterocycles. The van der Waals surface area contributed by atoms with Gasteiger partial charge in [0.15, 0.2) is 5.82 Å². The number of pyridine rings is 2. The van der Waals surface area contributed by atoms with Gasteiger partial charge >= 0.3 is 0 Å². The molecule has 1 amide bonds. The molecule has 2 unspecified atom stereocenters. The first-order valence-corrected chi connectivity index (χ1v) is 15.4. The number of hydrogen-bond donors (Lipinski definition) is 2. The third kappa shape index (κ3) is 4.80. The van der Waals surface area contributed by atoms with Gasteiger partial charge < -0.3 is 15.0 Å². The predicted molar refractivity (Wildman–Crippen MR) is 156 cm³/mol. The second-order valence-electron chi connectivity index (χ2n) is 12.4. The van der Waals surface area contributed by atoms with Crippen molar-refractivity contribution in [2.24, 2.45) is 11.3 Å². The van der Waals surface area contributed by atoms with E-state index in [1.54, 1.807) is 4.68 Å². The summed E-state index contributed by atoms with van der Waals surface area (Å²) in [5.41, 5.74) is 1.01. The number of rotatable bonds is 4. The van der Waals surface area contributed by atoms with E-state index in [1.165, 1.54) is 37.6 Å². The van der Waals surface area contributed by atoms with E-state index >= 15 is 0 Å². The number of carbonyl (C=O) groups excluding carboxylic acids is 1. The van der Waals surface area contributed by atoms with Crippen LogP contribution in [-0.4, -0.2) is 50.4 Å². The average Bonchev–Trinajstić information content (AvgIpc) is 3.56. The Morgan fingerprint density at radius 2 is 1.95 bits per heavy atom. The third-order valence-corrected chi connectivity index (χ3v) is 10.1. The molecule has 10 heteroatoms. The van der Waals surface area contributed by atoms with Crippen LogP contribution >= 0.6 is 11.9 Å². The number of anilines is 2. The first kappa shape index (κ1) is 25.7. The Morgan fingerprint density at radius 1 is 1.05 bits per heavy atom. The lowest BCUT2D eigenvalue weighted by atomic mass is 9.71. The van der Waals surface area contributed by atoms with E-state index in [0.717, 1.165) is 49.7 Å². The van der Waals surface area contributed by atoms with Gasteiger partial charge in [0.25, 0.3) is 5.91 Å². The van der Waals surface area contributed by atoms with Crippen LogP contribution in [0, 0.1) is 11.3 Å². The molecule has 3 fully saturated rings. The molecule has 0 aromatic carbocycles. The van der Waals surface area contributed by atoms with Crippen molar-refractivity contribution in [3.8, 4) is 11.7 Å². The van der Waals surface area contributed by atoms with Crippen molar-refractivity contribution < 1.29 is 9.53 Å². The summed E-state index contributed by atoms with van der Waals surface area (Å²) in [6, 6.07) is 11.8. The summed E-state index contributed by atoms with van der Waals surface area (Å²) >= 11 is 1.22. The highest BCUT2D eigenvalue weighted by atomic mass is 32.2. The van der Waals surface area contributed by atoms with Crippen LogP contribution in [0.25, 0.3) is 5.82 Å². The molecule has 7 rings (SSSR count). The largest absolute Gasteiger partial charge is 0.476 e. The van der Waals surface area contributed by atoms with Crippen molar-refractivity contribution in [3.63, 3.8) is 0 Å². The zero-order valence-corrected chi connectivity index (χ0v) is 24.0. The van der Waals surface area contributed by atoms with E-state index in [9.17, 15) is 4.79 Å². The van der Waals surface area contributed by atoms with Crippen LogP contribution in [0.15, 0.2) is 47.6 Å². The summed E-state index contributed by atoms with van der Waals surface area (Å²) in [5.74, 6) is 3.32. The first-order chi connectivity index (χ1) is 19.4. The molecule has 2 atom stereocenters. The Bertz CT molecular complexity index is 1420. The minimum absolute atomic E-state index is 0.130. The molecule has 0 radical (unpaired) electrons. The molecule has 9 nitrogen and oxygen atoms in total. The van der Waals surface area contributed by atoms with Gasteiger partial charge in [-0.1, -0.05) is 6.07 Å². The minimum Gasteiger partial charge on any atom is -0.476 e. The molecule has 3 aromatic heterocycles. The van der Waals surface area contributed by atoms with Crippen LogP contribution in [-0.2, 0) is 0 Å². The molecule has 2 aliphatic carbocycles. The zero-order valence-electron chi connectivity index (χ0n) is 23.2. The van der Waals surface area contributed by atoms with E-state index in [1.807, 2.05) is 42.6 Å². The second-order valence-corrected chi connectivity index (χ2v) is 13.2. The highest BCUT2D eigenvalue weighted by Crippen LogP contribution is 2.64. The molecule has 210 valence electrons. The van der Waals surface area contributed by atoms with Gasteiger partial charge in [0.1, 0.15) is 16.7 Å². The monoisotopic (exact) mass is 559 g/mol. The summed E-state index contributed by atoms with van der Waals surface area (Å²) in [4.78, 5) is 25.7. The van der Waals surface area contributed by atoms with Crippen molar-refractivity contribution in [2.45, 2.75) is 81.8 Å². The Labute approximate surface area is 239 Å². The van der Waals surface area contributed by atoms with Crippen LogP contribution < -0.4 is 19.7 Å². The van der Waals surface area contributed by atoms with Crippen molar-refractivity contribution >= 4 is 29.5 Å². The molecular weight excluding hydrogens is 522 g/mol. The van der Waals surface area contributed by atoms with Gasteiger partial charge in [-0.3, -0.25) is 9.52 Å². The van der Waals surface area contributed by atoms with E-state index in [2.05, 4.69) is 33.8 Å². The highest BCUT2D eigenvalue weighted by Gasteiger charge is 2.55. The van der Waals surface area contributed by atoms with Crippen LogP contribution in [0.2, 0.25) is 0 Å². The van der Waals surface area contributed by atoms with E-state index < -0.39 is 0 Å². The molecule has 4 aliphatic rings. The number of nitrogens with one attached hydrogen (secondary N) is 2. The predicted octanol–water partition coefficient (Wildman–Crippen LogP) is 5.62. The number of nitrogens with zero attached hydrogens (tertiary/aromatic N) is 5. The molecule has 1 spiro atoms. The number of amides is 1. The summed E-state index contributed by atoms with van der Waals surface area (Å²) in [6.45, 7) is 6.08. The summed E-state index contributed by atoms with van der Waals surface area (Å²) in [6.07, 6.45) is 11.3. The molecule has 2 N–H and O–H groups in total. The maximum absolute atomic E-state index is 13.6. The lowest BCUT2D eigenvalue weighted by Gasteiger charge is -2.38. The van der Waals surface area contributed by atoms with E-state index in [0.29, 0.717) is 34.4 Å². The van der Waals surface area contributed by atoms with Crippen molar-refractivity contribution in [1.82, 2.24) is 24.5 Å². The Morgan fingerprint density at radius 3 is 2.77 bits per heavy atom. The fraction of sp³-hybridized carbons (Fsp3) is 0.533. The van der Waals surface area contributed by atoms with Crippen LogP contribution in [0.5, 0.6) is 5.88 Å². The van der Waals surface area contributed by atoms with Gasteiger partial charge in [0.2, 0.25) is 5.88 Å². The molecule has 1 saturated heterocycles. The second kappa shape index (κ2) is 9.98. The van der Waals surface area contributed by atoms with Crippen molar-refractivity contribution in [3.05, 3.63) is 48.2 Å². The molecule has 2 bridgehead atoms. The molecule has 40 heavy (non-hydrogen) atoms. The van der Waals surface area contributed by atoms with Crippen molar-refractivity contribution in [2.75, 3.05) is 23.4 Å². The summed E-state index contributed by atoms with van der Waals surface area (Å²) < 4.78 is 10.9. The number of ether oxygens (including phenoxy) is 1. The van der Waals surface area contributed by atoms with Crippen LogP contribution in [0.4, 0.5) is 11.6 Å². The Balaban J connectivity index is 1.19. The van der Waals surface area contributed by atoms with Gasteiger partial charge in [-0.25, -0.2) is 14.6 Å². The molecule has 2 saturated carbocycles. The highest BCUT2D eigenvalue weighted by molar-refractivity contribution is 7.97. The number of fused-ring (bicyclic) bond motifs is 5. The standard InChI is InChI=1S/C30H37N7O2S/c1-29(2)13-11-21-5-4-17-31-23-6-3-7-26(32-23)40-35-28(38)22-8-9-24(33-27(22)37(21)29)36-18-12-25(34-36)39-19-20-10-14-30(20)15-16-30/h3,6-9,12,18,20-21H,4-5,10-11,13-17,19H2,1-2H3,(H,31,32)(H,35,38). The molecule has 2 aliphatic heterocycles. The van der Waals surface area contributed by atoms with Crippen LogP contribution in [0.3, 0.4) is 0 Å². The summed E-state index contributed by atoms with van der Waals surface area (Å²) in [7, 11) is 0. The van der Waals surface area contributed by atoms with Gasteiger partial charge in [-0.2, -0.15) is 0 Å². The Kier molecular flexibility index (Phi) is 6.40. The van der Waals surface area contributed by atoms with Gasteiger partial charge in [0, 0.05) is 42.3 Å². The fourth-order valence-electron chi connectivity index (χ4n) is 6.73. The van der Waals surface area contributed by atoms with E-state index in [-0.39, 0.29) is 17.5 Å². The number of carbonyl (C=O) groups is 1. The third-order valence-electron chi connectivity index (χ3n) is 9.41. The minimum atomic E-state index is -0.184. The normalized spacial score (nSPS) is 24.6. The van der Waals surface area contributed by atoms with Crippen LogP contribution in [0.1, 0.15) is 75.6 Å². The topological polar surface area (TPSA) is 97.2 Å². The first-order valence-electron chi connectivity index (χ1n) is 14.6. The van der Waals surface area contributed by atoms with E-state index in [4.69, 9.17) is 14.8 Å². The van der Waals surface area contributed by atoms with Gasteiger partial charge in [0.05, 0.1) is 12.2 Å². The number of hydrogen-bond acceptors (Lipinski definition) is 8. The van der Waals surface area contributed by atoms with Gasteiger partial charge in [-0.15, -0.1) is 5.10 Å². The quantitative estimate of drug-likeness (QED) is 0.398. The lowest BCUT2D eigenvalue weighted by molar-refractivity contribution is 0.0815. The van der Waals surface area contributed by atoms with Gasteiger partial charge in [-0.05, 0) is 101 Å². The Hall–Kier alpha value is -3.27. The maximum Gasteiger partial charge on any atom is 0.265 e. The molecule has 3 aromatic rings. The summed E-state index contributed by atoms with van der Waals surface area (Å²) in [5, 5.41) is 8.88. The average molecular weight is 560 g/mol. The number of aromatic nitrogens is 4. The molecular formula is C30H37N7O2S. The maximum atomic E-state index is 13.6.